The van der Waals surface area contributed by atoms with E-state index in [2.05, 4.69) is 5.32 Å². The number of likely N-dealkylation sites (N-methyl/N-ethyl adjacent to an activating group) is 1. The lowest BCUT2D eigenvalue weighted by atomic mass is 9.99. The molecule has 0 bridgehead atoms. The summed E-state index contributed by atoms with van der Waals surface area (Å²) >= 11 is 0. The number of hydrogen-bond acceptors (Lipinski definition) is 4. The summed E-state index contributed by atoms with van der Waals surface area (Å²) in [7, 11) is 5.24. The predicted molar refractivity (Wildman–Crippen MR) is 73.8 cm³/mol. The Morgan fingerprint density at radius 1 is 1.21 bits per heavy atom. The zero-order valence-electron chi connectivity index (χ0n) is 11.5. The Labute approximate surface area is 113 Å². The Balaban J connectivity index is 2.32. The topological polar surface area (TPSA) is 43.6 Å². The van der Waals surface area contributed by atoms with E-state index in [0.717, 1.165) is 29.0 Å². The van der Waals surface area contributed by atoms with Crippen LogP contribution >= 0.6 is 0 Å². The predicted octanol–water partition coefficient (Wildman–Crippen LogP) is 2.80. The lowest BCUT2D eigenvalue weighted by molar-refractivity contribution is 0.347. The molecule has 1 aromatic heterocycles. The Hall–Kier alpha value is -1.94. The number of para-hydroxylation sites is 1. The molecule has 0 fully saturated rings. The van der Waals surface area contributed by atoms with Crippen molar-refractivity contribution >= 4 is 0 Å². The van der Waals surface area contributed by atoms with Crippen molar-refractivity contribution < 1.29 is 13.9 Å². The molecule has 4 heteroatoms. The third-order valence-corrected chi connectivity index (χ3v) is 3.18. The Morgan fingerprint density at radius 2 is 2.05 bits per heavy atom. The van der Waals surface area contributed by atoms with E-state index in [4.69, 9.17) is 13.9 Å². The Kier molecular flexibility index (Phi) is 4.47. The van der Waals surface area contributed by atoms with Gasteiger partial charge in [-0.15, -0.1) is 0 Å². The summed E-state index contributed by atoms with van der Waals surface area (Å²) in [4.78, 5) is 0. The molecule has 2 rings (SSSR count). The second-order valence-corrected chi connectivity index (χ2v) is 4.26. The molecule has 0 radical (unpaired) electrons. The minimum Gasteiger partial charge on any atom is -0.493 e. The molecule has 0 amide bonds. The van der Waals surface area contributed by atoms with Crippen molar-refractivity contribution in [2.45, 2.75) is 12.5 Å². The molecule has 0 aliphatic carbocycles. The fraction of sp³-hybridized carbons (Fsp3) is 0.333. The quantitative estimate of drug-likeness (QED) is 0.868. The first kappa shape index (κ1) is 13.5. The Bertz CT molecular complexity index is 508. The molecule has 0 spiro atoms. The molecular formula is C15H19NO3. The first-order chi connectivity index (χ1) is 9.30. The van der Waals surface area contributed by atoms with Gasteiger partial charge >= 0.3 is 0 Å². The van der Waals surface area contributed by atoms with Crippen molar-refractivity contribution in [3.8, 4) is 11.5 Å². The van der Waals surface area contributed by atoms with Crippen LogP contribution in [-0.2, 0) is 6.42 Å². The normalized spacial score (nSPS) is 12.2. The summed E-state index contributed by atoms with van der Waals surface area (Å²) in [6.45, 7) is 0. The van der Waals surface area contributed by atoms with Crippen LogP contribution in [0.1, 0.15) is 17.2 Å². The minimum atomic E-state index is 0.141. The highest BCUT2D eigenvalue weighted by Gasteiger charge is 2.18. The number of furan rings is 1. The van der Waals surface area contributed by atoms with Gasteiger partial charge in [0.1, 0.15) is 0 Å². The molecule has 0 saturated heterocycles. The highest BCUT2D eigenvalue weighted by molar-refractivity contribution is 5.48. The van der Waals surface area contributed by atoms with E-state index >= 15 is 0 Å². The maximum atomic E-state index is 5.48. The summed E-state index contributed by atoms with van der Waals surface area (Å²) in [5, 5.41) is 3.31. The average molecular weight is 261 g/mol. The molecule has 1 unspecified atom stereocenters. The van der Waals surface area contributed by atoms with Gasteiger partial charge in [0, 0.05) is 11.6 Å². The first-order valence-corrected chi connectivity index (χ1v) is 6.19. The van der Waals surface area contributed by atoms with Gasteiger partial charge in [-0.25, -0.2) is 0 Å². The van der Waals surface area contributed by atoms with Gasteiger partial charge in [-0.1, -0.05) is 12.1 Å². The second-order valence-electron chi connectivity index (χ2n) is 4.26. The lowest BCUT2D eigenvalue weighted by Gasteiger charge is -2.20. The van der Waals surface area contributed by atoms with Gasteiger partial charge in [-0.05, 0) is 31.2 Å². The SMILES string of the molecule is CNC(Cc1ccoc1)c1cccc(OC)c1OC. The summed E-state index contributed by atoms with van der Waals surface area (Å²) in [5.74, 6) is 1.51. The van der Waals surface area contributed by atoms with Gasteiger partial charge < -0.3 is 19.2 Å². The molecule has 1 aromatic carbocycles. The van der Waals surface area contributed by atoms with Crippen molar-refractivity contribution in [3.05, 3.63) is 47.9 Å². The van der Waals surface area contributed by atoms with Crippen molar-refractivity contribution in [2.24, 2.45) is 0 Å². The second kappa shape index (κ2) is 6.29. The van der Waals surface area contributed by atoms with Crippen molar-refractivity contribution in [2.75, 3.05) is 21.3 Å². The fourth-order valence-corrected chi connectivity index (χ4v) is 2.20. The van der Waals surface area contributed by atoms with Crippen LogP contribution in [0.25, 0.3) is 0 Å². The molecule has 1 heterocycles. The molecule has 1 atom stereocenters. The molecule has 0 aliphatic heterocycles. The highest BCUT2D eigenvalue weighted by Crippen LogP contribution is 2.35. The number of hydrogen-bond donors (Lipinski definition) is 1. The van der Waals surface area contributed by atoms with Gasteiger partial charge in [0.2, 0.25) is 0 Å². The van der Waals surface area contributed by atoms with Crippen LogP contribution in [0.5, 0.6) is 11.5 Å². The maximum Gasteiger partial charge on any atom is 0.165 e. The zero-order valence-corrected chi connectivity index (χ0v) is 11.5. The number of benzene rings is 1. The molecule has 1 N–H and O–H groups in total. The van der Waals surface area contributed by atoms with E-state index < -0.39 is 0 Å². The van der Waals surface area contributed by atoms with E-state index in [1.165, 1.54) is 0 Å². The van der Waals surface area contributed by atoms with Crippen molar-refractivity contribution in [3.63, 3.8) is 0 Å². The van der Waals surface area contributed by atoms with Crippen LogP contribution in [0.2, 0.25) is 0 Å². The van der Waals surface area contributed by atoms with Gasteiger partial charge in [0.25, 0.3) is 0 Å². The molecule has 0 aliphatic rings. The first-order valence-electron chi connectivity index (χ1n) is 6.19. The smallest absolute Gasteiger partial charge is 0.165 e. The molecule has 0 saturated carbocycles. The third-order valence-electron chi connectivity index (χ3n) is 3.18. The molecule has 102 valence electrons. The largest absolute Gasteiger partial charge is 0.493 e. The van der Waals surface area contributed by atoms with E-state index in [-0.39, 0.29) is 6.04 Å². The monoisotopic (exact) mass is 261 g/mol. The molecular weight excluding hydrogens is 242 g/mol. The number of nitrogens with one attached hydrogen (secondary N) is 1. The van der Waals surface area contributed by atoms with Crippen LogP contribution in [0.3, 0.4) is 0 Å². The van der Waals surface area contributed by atoms with Gasteiger partial charge in [-0.3, -0.25) is 0 Å². The lowest BCUT2D eigenvalue weighted by Crippen LogP contribution is -2.19. The summed E-state index contributed by atoms with van der Waals surface area (Å²) in [6.07, 6.45) is 4.28. The molecule has 19 heavy (non-hydrogen) atoms. The van der Waals surface area contributed by atoms with Crippen LogP contribution in [-0.4, -0.2) is 21.3 Å². The standard InChI is InChI=1S/C15H19NO3/c1-16-13(9-11-7-8-19-10-11)12-5-4-6-14(17-2)15(12)18-3/h4-8,10,13,16H,9H2,1-3H3. The van der Waals surface area contributed by atoms with Crippen molar-refractivity contribution in [1.82, 2.24) is 5.32 Å². The number of ether oxygens (including phenoxy) is 2. The summed E-state index contributed by atoms with van der Waals surface area (Å²) in [5.41, 5.74) is 2.22. The highest BCUT2D eigenvalue weighted by atomic mass is 16.5. The van der Waals surface area contributed by atoms with E-state index in [1.807, 2.05) is 31.3 Å². The van der Waals surface area contributed by atoms with Crippen LogP contribution < -0.4 is 14.8 Å². The van der Waals surface area contributed by atoms with E-state index in [9.17, 15) is 0 Å². The summed E-state index contributed by atoms with van der Waals surface area (Å²) < 4.78 is 15.9. The molecule has 4 nitrogen and oxygen atoms in total. The maximum absolute atomic E-state index is 5.48. The zero-order chi connectivity index (χ0) is 13.7. The average Bonchev–Trinajstić information content (AvgIpc) is 2.96. The third kappa shape index (κ3) is 2.90. The van der Waals surface area contributed by atoms with Crippen LogP contribution in [0, 0.1) is 0 Å². The minimum absolute atomic E-state index is 0.141. The van der Waals surface area contributed by atoms with Crippen LogP contribution in [0.15, 0.2) is 41.2 Å². The van der Waals surface area contributed by atoms with Gasteiger partial charge in [0.15, 0.2) is 11.5 Å². The Morgan fingerprint density at radius 3 is 2.63 bits per heavy atom. The number of methoxy groups -OCH3 is 2. The van der Waals surface area contributed by atoms with E-state index in [1.54, 1.807) is 26.7 Å². The van der Waals surface area contributed by atoms with Crippen molar-refractivity contribution in [1.29, 1.82) is 0 Å². The molecule has 2 aromatic rings. The van der Waals surface area contributed by atoms with E-state index in [0.29, 0.717) is 0 Å². The van der Waals surface area contributed by atoms with Crippen LogP contribution in [0.4, 0.5) is 0 Å². The fourth-order valence-electron chi connectivity index (χ4n) is 2.20. The number of rotatable bonds is 6. The summed E-state index contributed by atoms with van der Waals surface area (Å²) in [6, 6.07) is 8.02. The van der Waals surface area contributed by atoms with Gasteiger partial charge in [-0.2, -0.15) is 0 Å². The van der Waals surface area contributed by atoms with Gasteiger partial charge in [0.05, 0.1) is 26.7 Å².